The molecule has 0 unspecified atom stereocenters. The summed E-state index contributed by atoms with van der Waals surface area (Å²) in [6.45, 7) is 0. The summed E-state index contributed by atoms with van der Waals surface area (Å²) in [5, 5.41) is 3.84. The van der Waals surface area contributed by atoms with E-state index in [0.717, 1.165) is 23.2 Å². The fourth-order valence-electron chi connectivity index (χ4n) is 4.41. The summed E-state index contributed by atoms with van der Waals surface area (Å²) in [7, 11) is -2.07. The smallest absolute Gasteiger partial charge is 0.337 e. The van der Waals surface area contributed by atoms with Gasteiger partial charge in [0.25, 0.3) is 0 Å². The Kier molecular flexibility index (Phi) is 6.87. The van der Waals surface area contributed by atoms with Crippen LogP contribution < -0.4 is 14.9 Å². The van der Waals surface area contributed by atoms with E-state index in [4.69, 9.17) is 21.4 Å². The molecule has 1 aliphatic heterocycles. The van der Waals surface area contributed by atoms with Crippen LogP contribution in [0.1, 0.15) is 33.9 Å². The van der Waals surface area contributed by atoms with E-state index in [1.54, 1.807) is 48.7 Å². The van der Waals surface area contributed by atoms with Gasteiger partial charge in [0.2, 0.25) is 10.0 Å². The third kappa shape index (κ3) is 5.24. The average molecular weight is 549 g/mol. The molecule has 2 atom stereocenters. The van der Waals surface area contributed by atoms with Crippen molar-refractivity contribution in [2.45, 2.75) is 12.1 Å². The maximum Gasteiger partial charge on any atom is 0.337 e. The highest BCUT2D eigenvalue weighted by molar-refractivity contribution is 7.92. The first-order valence-corrected chi connectivity index (χ1v) is 13.9. The number of nitrogens with one attached hydrogen (secondary N) is 2. The van der Waals surface area contributed by atoms with Gasteiger partial charge in [-0.1, -0.05) is 18.2 Å². The van der Waals surface area contributed by atoms with E-state index in [-0.39, 0.29) is 6.04 Å². The first-order chi connectivity index (χ1) is 18.2. The molecule has 194 valence electrons. The number of aromatic nitrogens is 1. The van der Waals surface area contributed by atoms with Crippen molar-refractivity contribution in [3.05, 3.63) is 102 Å². The zero-order chi connectivity index (χ0) is 26.9. The number of carbonyl (C=O) groups is 1. The molecule has 3 heterocycles. The molecule has 0 saturated carbocycles. The Morgan fingerprint density at radius 2 is 1.87 bits per heavy atom. The highest BCUT2D eigenvalue weighted by Crippen LogP contribution is 2.43. The monoisotopic (exact) mass is 548 g/mol. The molecule has 1 aliphatic rings. The van der Waals surface area contributed by atoms with Crippen LogP contribution in [0, 0.1) is 0 Å². The van der Waals surface area contributed by atoms with Gasteiger partial charge in [0.15, 0.2) is 5.11 Å². The molecule has 4 aromatic rings. The number of pyridine rings is 1. The van der Waals surface area contributed by atoms with E-state index >= 15 is 0 Å². The molecular formula is C27H24N4O5S2. The van der Waals surface area contributed by atoms with Crippen molar-refractivity contribution in [1.29, 1.82) is 0 Å². The largest absolute Gasteiger partial charge is 0.465 e. The first kappa shape index (κ1) is 25.4. The highest BCUT2D eigenvalue weighted by atomic mass is 32.2. The van der Waals surface area contributed by atoms with Crippen LogP contribution >= 0.6 is 12.2 Å². The van der Waals surface area contributed by atoms with Gasteiger partial charge in [-0.25, -0.2) is 13.2 Å². The van der Waals surface area contributed by atoms with Crippen molar-refractivity contribution >= 4 is 44.7 Å². The Morgan fingerprint density at radius 1 is 1.08 bits per heavy atom. The molecule has 0 aliphatic carbocycles. The van der Waals surface area contributed by atoms with Gasteiger partial charge in [0.1, 0.15) is 17.6 Å². The van der Waals surface area contributed by atoms with Gasteiger partial charge in [-0.05, 0) is 72.9 Å². The Morgan fingerprint density at radius 3 is 2.55 bits per heavy atom. The zero-order valence-electron chi connectivity index (χ0n) is 20.5. The molecule has 2 N–H and O–H groups in total. The van der Waals surface area contributed by atoms with E-state index in [9.17, 15) is 13.2 Å². The summed E-state index contributed by atoms with van der Waals surface area (Å²) in [6, 6.07) is 22.6. The molecule has 1 saturated heterocycles. The number of furan rings is 1. The number of nitrogens with zero attached hydrogens (tertiary/aromatic N) is 2. The standard InChI is InChI=1S/C27H24N4O5S2/c1-35-26(32)18-7-5-6-17(16-18)22-13-14-23(36-22)25-24(21-8-3-4-15-28-21)29-27(37)31(25)20-11-9-19(10-12-20)30-38(2,33)34/h3-16,24-25,30H,1-2H3,(H,29,37)/t24-,25+/m1/s1. The minimum atomic E-state index is -3.41. The molecule has 0 radical (unpaired) electrons. The van der Waals surface area contributed by atoms with Gasteiger partial charge >= 0.3 is 5.97 Å². The number of ether oxygens (including phenoxy) is 1. The minimum Gasteiger partial charge on any atom is -0.465 e. The van der Waals surface area contributed by atoms with Gasteiger partial charge < -0.3 is 19.4 Å². The maximum atomic E-state index is 12.0. The molecule has 9 nitrogen and oxygen atoms in total. The van der Waals surface area contributed by atoms with E-state index in [1.807, 2.05) is 41.3 Å². The number of hydrogen-bond donors (Lipinski definition) is 2. The third-order valence-corrected chi connectivity index (χ3v) is 6.95. The summed E-state index contributed by atoms with van der Waals surface area (Å²) < 4.78 is 36.9. The van der Waals surface area contributed by atoms with E-state index < -0.39 is 22.0 Å². The number of hydrogen-bond acceptors (Lipinski definition) is 7. The van der Waals surface area contributed by atoms with Crippen LogP contribution in [-0.4, -0.2) is 37.8 Å². The van der Waals surface area contributed by atoms with E-state index in [2.05, 4.69) is 15.0 Å². The second kappa shape index (κ2) is 10.3. The molecule has 0 bridgehead atoms. The quantitative estimate of drug-likeness (QED) is 0.251. The second-order valence-corrected chi connectivity index (χ2v) is 10.8. The van der Waals surface area contributed by atoms with Crippen molar-refractivity contribution < 1.29 is 22.4 Å². The Bertz CT molecular complexity index is 1590. The van der Waals surface area contributed by atoms with Crippen molar-refractivity contribution in [1.82, 2.24) is 10.3 Å². The molecular weight excluding hydrogens is 524 g/mol. The van der Waals surface area contributed by atoms with Crippen LogP contribution in [0.4, 0.5) is 11.4 Å². The number of carbonyl (C=O) groups excluding carboxylic acids is 1. The number of esters is 1. The van der Waals surface area contributed by atoms with E-state index in [1.165, 1.54) is 7.11 Å². The lowest BCUT2D eigenvalue weighted by molar-refractivity contribution is 0.0600. The molecule has 5 rings (SSSR count). The fraction of sp³-hybridized carbons (Fsp3) is 0.148. The topological polar surface area (TPSA) is 114 Å². The Hall–Kier alpha value is -4.22. The normalized spacial score (nSPS) is 17.2. The summed E-state index contributed by atoms with van der Waals surface area (Å²) in [6.07, 6.45) is 2.82. The number of benzene rings is 2. The molecule has 1 fully saturated rings. The molecule has 0 spiro atoms. The predicted molar refractivity (Wildman–Crippen MR) is 148 cm³/mol. The summed E-state index contributed by atoms with van der Waals surface area (Å²) in [5.41, 5.74) is 3.11. The summed E-state index contributed by atoms with van der Waals surface area (Å²) in [4.78, 5) is 18.5. The van der Waals surface area contributed by atoms with Gasteiger partial charge in [0, 0.05) is 23.1 Å². The van der Waals surface area contributed by atoms with Crippen molar-refractivity contribution in [3.8, 4) is 11.3 Å². The van der Waals surface area contributed by atoms with Crippen LogP contribution in [-0.2, 0) is 14.8 Å². The first-order valence-electron chi connectivity index (χ1n) is 11.6. The van der Waals surface area contributed by atoms with Gasteiger partial charge in [-0.15, -0.1) is 0 Å². The molecule has 0 amide bonds. The number of rotatable bonds is 7. The lowest BCUT2D eigenvalue weighted by atomic mass is 10.0. The van der Waals surface area contributed by atoms with Gasteiger partial charge in [-0.2, -0.15) is 0 Å². The van der Waals surface area contributed by atoms with Crippen LogP contribution in [0.5, 0.6) is 0 Å². The number of thiocarbonyl (C=S) groups is 1. The lowest BCUT2D eigenvalue weighted by Crippen LogP contribution is -2.29. The van der Waals surface area contributed by atoms with Crippen molar-refractivity contribution in [2.75, 3.05) is 23.0 Å². The van der Waals surface area contributed by atoms with E-state index in [0.29, 0.717) is 27.9 Å². The number of anilines is 2. The molecule has 11 heteroatoms. The predicted octanol–water partition coefficient (Wildman–Crippen LogP) is 4.68. The Balaban J connectivity index is 1.54. The summed E-state index contributed by atoms with van der Waals surface area (Å²) >= 11 is 5.74. The van der Waals surface area contributed by atoms with Crippen molar-refractivity contribution in [3.63, 3.8) is 0 Å². The second-order valence-electron chi connectivity index (χ2n) is 8.69. The van der Waals surface area contributed by atoms with Crippen LogP contribution in [0.3, 0.4) is 0 Å². The molecule has 38 heavy (non-hydrogen) atoms. The highest BCUT2D eigenvalue weighted by Gasteiger charge is 2.42. The van der Waals surface area contributed by atoms with Crippen molar-refractivity contribution in [2.24, 2.45) is 0 Å². The van der Waals surface area contributed by atoms with Gasteiger partial charge in [-0.3, -0.25) is 9.71 Å². The zero-order valence-corrected chi connectivity index (χ0v) is 22.1. The fourth-order valence-corrected chi connectivity index (χ4v) is 5.32. The SMILES string of the molecule is COC(=O)c1cccc(-c2ccc([C@H]3[C@@H](c4ccccn4)NC(=S)N3c3ccc(NS(C)(=O)=O)cc3)o2)c1. The van der Waals surface area contributed by atoms with Gasteiger partial charge in [0.05, 0.1) is 30.7 Å². The average Bonchev–Trinajstić information content (AvgIpc) is 3.53. The minimum absolute atomic E-state index is 0.321. The maximum absolute atomic E-state index is 12.0. The van der Waals surface area contributed by atoms with Crippen LogP contribution in [0.25, 0.3) is 11.3 Å². The molecule has 2 aromatic carbocycles. The number of sulfonamides is 1. The lowest BCUT2D eigenvalue weighted by Gasteiger charge is -2.26. The molecule has 2 aromatic heterocycles. The third-order valence-electron chi connectivity index (χ3n) is 6.03. The summed E-state index contributed by atoms with van der Waals surface area (Å²) in [5.74, 6) is 0.778. The van der Waals surface area contributed by atoms with Crippen LogP contribution in [0.2, 0.25) is 0 Å². The van der Waals surface area contributed by atoms with Crippen LogP contribution in [0.15, 0.2) is 89.5 Å². The Labute approximate surface area is 225 Å². The number of methoxy groups -OCH3 is 1.